The second kappa shape index (κ2) is 3.99. The van der Waals surface area contributed by atoms with Crippen molar-refractivity contribution >= 4 is 20.8 Å². The van der Waals surface area contributed by atoms with Crippen LogP contribution < -0.4 is 0 Å². The van der Waals surface area contributed by atoms with Crippen LogP contribution in [-0.2, 0) is 10.9 Å². The minimum absolute atomic E-state index is 0.797. The summed E-state index contributed by atoms with van der Waals surface area (Å²) in [5.41, 5.74) is 0. The monoisotopic (exact) mass is 160 g/mol. The molecule has 1 nitrogen and oxygen atoms in total. The molecule has 0 radical (unpaired) electrons. The van der Waals surface area contributed by atoms with E-state index in [0.29, 0.717) is 0 Å². The Morgan fingerprint density at radius 1 is 1.67 bits per heavy atom. The molecular weight excluding hydrogens is 151 g/mol. The van der Waals surface area contributed by atoms with Gasteiger partial charge in [0.1, 0.15) is 0 Å². The van der Waals surface area contributed by atoms with Gasteiger partial charge in [-0.3, -0.25) is 0 Å². The van der Waals surface area contributed by atoms with Gasteiger partial charge in [-0.2, -0.15) is 0 Å². The van der Waals surface area contributed by atoms with Gasteiger partial charge >= 0.3 is 0 Å². The first-order chi connectivity index (χ1) is 4.43. The third kappa shape index (κ3) is 2.44. The van der Waals surface area contributed by atoms with E-state index in [1.165, 1.54) is 4.88 Å². The van der Waals surface area contributed by atoms with Gasteiger partial charge in [0.2, 0.25) is 0 Å². The lowest BCUT2D eigenvalue weighted by Crippen LogP contribution is -1.86. The standard InChI is InChI=1S/C6H9OPS/c8-7-4-3-6-2-1-5-9-6/h1-2,5H,3-4,8H2. The molecule has 0 aliphatic rings. The lowest BCUT2D eigenvalue weighted by atomic mass is 10.4. The molecule has 0 saturated carbocycles. The van der Waals surface area contributed by atoms with Crippen LogP contribution in [0.2, 0.25) is 0 Å². The van der Waals surface area contributed by atoms with E-state index in [4.69, 9.17) is 4.52 Å². The number of hydrogen-bond donors (Lipinski definition) is 0. The highest BCUT2D eigenvalue weighted by atomic mass is 32.1. The molecule has 0 N–H and O–H groups in total. The molecule has 0 amide bonds. The van der Waals surface area contributed by atoms with Crippen LogP contribution in [-0.4, -0.2) is 6.61 Å². The Hall–Kier alpha value is 0.0900. The molecule has 0 aromatic carbocycles. The second-order valence-electron chi connectivity index (χ2n) is 1.70. The molecule has 0 aliphatic carbocycles. The Balaban J connectivity index is 2.30. The maximum absolute atomic E-state index is 4.84. The normalized spacial score (nSPS) is 9.89. The molecule has 1 rings (SSSR count). The van der Waals surface area contributed by atoms with Gasteiger partial charge in [0.15, 0.2) is 0 Å². The zero-order chi connectivity index (χ0) is 6.53. The molecule has 1 aromatic heterocycles. The summed E-state index contributed by atoms with van der Waals surface area (Å²) in [6, 6.07) is 4.18. The Labute approximate surface area is 61.3 Å². The van der Waals surface area contributed by atoms with Gasteiger partial charge < -0.3 is 4.52 Å². The molecule has 3 heteroatoms. The quantitative estimate of drug-likeness (QED) is 0.615. The van der Waals surface area contributed by atoms with Crippen LogP contribution in [0.4, 0.5) is 0 Å². The fourth-order valence-corrected chi connectivity index (χ4v) is 1.42. The lowest BCUT2D eigenvalue weighted by molar-refractivity contribution is 0.378. The van der Waals surface area contributed by atoms with Crippen molar-refractivity contribution in [2.24, 2.45) is 0 Å². The zero-order valence-corrected chi connectivity index (χ0v) is 7.01. The molecule has 0 bridgehead atoms. The van der Waals surface area contributed by atoms with E-state index in [1.807, 2.05) is 0 Å². The average molecular weight is 160 g/mol. The summed E-state index contributed by atoms with van der Waals surface area (Å²) < 4.78 is 4.84. The van der Waals surface area contributed by atoms with Crippen molar-refractivity contribution in [3.63, 3.8) is 0 Å². The van der Waals surface area contributed by atoms with E-state index >= 15 is 0 Å². The maximum Gasteiger partial charge on any atom is 0.0550 e. The van der Waals surface area contributed by atoms with Crippen molar-refractivity contribution in [1.82, 2.24) is 0 Å². The van der Waals surface area contributed by atoms with Gasteiger partial charge in [0.05, 0.1) is 6.61 Å². The van der Waals surface area contributed by atoms with E-state index in [-0.39, 0.29) is 0 Å². The van der Waals surface area contributed by atoms with Gasteiger partial charge in [0.25, 0.3) is 0 Å². The summed E-state index contributed by atoms with van der Waals surface area (Å²) in [7, 11) is 2.25. The van der Waals surface area contributed by atoms with Crippen molar-refractivity contribution in [1.29, 1.82) is 0 Å². The number of thiophene rings is 1. The summed E-state index contributed by atoms with van der Waals surface area (Å²) in [5, 5.41) is 2.08. The van der Waals surface area contributed by atoms with E-state index in [0.717, 1.165) is 13.0 Å². The van der Waals surface area contributed by atoms with Crippen LogP contribution in [0.25, 0.3) is 0 Å². The highest BCUT2D eigenvalue weighted by molar-refractivity contribution is 7.10. The first-order valence-corrected chi connectivity index (χ1v) is 4.12. The van der Waals surface area contributed by atoms with E-state index in [2.05, 4.69) is 27.0 Å². The van der Waals surface area contributed by atoms with Crippen molar-refractivity contribution in [2.75, 3.05) is 6.61 Å². The maximum atomic E-state index is 4.84. The molecule has 50 valence electrons. The molecule has 0 aliphatic heterocycles. The van der Waals surface area contributed by atoms with Gasteiger partial charge in [-0.05, 0) is 11.4 Å². The molecule has 1 atom stereocenters. The molecule has 1 aromatic rings. The third-order valence-electron chi connectivity index (χ3n) is 1.05. The van der Waals surface area contributed by atoms with Crippen LogP contribution >= 0.6 is 20.8 Å². The molecule has 0 saturated heterocycles. The fourth-order valence-electron chi connectivity index (χ4n) is 0.614. The Kier molecular flexibility index (Phi) is 3.20. The van der Waals surface area contributed by atoms with E-state index < -0.39 is 0 Å². The van der Waals surface area contributed by atoms with E-state index in [1.54, 1.807) is 11.3 Å². The largest absolute Gasteiger partial charge is 0.365 e. The van der Waals surface area contributed by atoms with Crippen LogP contribution in [0.3, 0.4) is 0 Å². The van der Waals surface area contributed by atoms with Crippen molar-refractivity contribution in [3.8, 4) is 0 Å². The first kappa shape index (κ1) is 7.20. The predicted molar refractivity (Wildman–Crippen MR) is 43.7 cm³/mol. The van der Waals surface area contributed by atoms with Crippen LogP contribution in [0.1, 0.15) is 4.88 Å². The molecule has 0 fully saturated rings. The Morgan fingerprint density at radius 2 is 2.56 bits per heavy atom. The van der Waals surface area contributed by atoms with Crippen molar-refractivity contribution in [2.45, 2.75) is 6.42 Å². The fraction of sp³-hybridized carbons (Fsp3) is 0.333. The lowest BCUT2D eigenvalue weighted by Gasteiger charge is -1.92. The Bertz CT molecular complexity index is 150. The third-order valence-corrected chi connectivity index (χ3v) is 2.22. The van der Waals surface area contributed by atoms with Gasteiger partial charge in [0, 0.05) is 20.8 Å². The Morgan fingerprint density at radius 3 is 3.11 bits per heavy atom. The summed E-state index contributed by atoms with van der Waals surface area (Å²) in [6.45, 7) is 0.797. The summed E-state index contributed by atoms with van der Waals surface area (Å²) >= 11 is 1.77. The molecule has 1 heterocycles. The van der Waals surface area contributed by atoms with Crippen LogP contribution in [0, 0.1) is 0 Å². The predicted octanol–water partition coefficient (Wildman–Crippen LogP) is 2.10. The smallest absolute Gasteiger partial charge is 0.0550 e. The van der Waals surface area contributed by atoms with Gasteiger partial charge in [-0.25, -0.2) is 0 Å². The minimum atomic E-state index is 0.797. The summed E-state index contributed by atoms with van der Waals surface area (Å²) in [6.07, 6.45) is 1.03. The molecule has 1 unspecified atom stereocenters. The van der Waals surface area contributed by atoms with Crippen molar-refractivity contribution in [3.05, 3.63) is 22.4 Å². The molecule has 0 spiro atoms. The molecule has 9 heavy (non-hydrogen) atoms. The molecular formula is C6H9OPS. The summed E-state index contributed by atoms with van der Waals surface area (Å²) in [4.78, 5) is 1.39. The highest BCUT2D eigenvalue weighted by Gasteiger charge is 1.89. The van der Waals surface area contributed by atoms with Crippen molar-refractivity contribution < 1.29 is 4.52 Å². The minimum Gasteiger partial charge on any atom is -0.365 e. The average Bonchev–Trinajstić information content (AvgIpc) is 2.34. The van der Waals surface area contributed by atoms with Crippen LogP contribution in [0.15, 0.2) is 17.5 Å². The number of rotatable bonds is 3. The SMILES string of the molecule is POCCc1cccs1. The van der Waals surface area contributed by atoms with Gasteiger partial charge in [-0.1, -0.05) is 6.07 Å². The zero-order valence-electron chi connectivity index (χ0n) is 5.04. The first-order valence-electron chi connectivity index (χ1n) is 2.77. The topological polar surface area (TPSA) is 9.23 Å². The second-order valence-corrected chi connectivity index (χ2v) is 3.07. The highest BCUT2D eigenvalue weighted by Crippen LogP contribution is 2.09. The number of hydrogen-bond acceptors (Lipinski definition) is 2. The van der Waals surface area contributed by atoms with Crippen LogP contribution in [0.5, 0.6) is 0 Å². The van der Waals surface area contributed by atoms with E-state index in [9.17, 15) is 0 Å². The van der Waals surface area contributed by atoms with Gasteiger partial charge in [-0.15, -0.1) is 11.3 Å². The summed E-state index contributed by atoms with van der Waals surface area (Å²) in [5.74, 6) is 0.